The molecule has 1 heterocycles. The molecule has 0 saturated heterocycles. The van der Waals surface area contributed by atoms with Gasteiger partial charge in [0, 0.05) is 25.6 Å². The van der Waals surface area contributed by atoms with Crippen molar-refractivity contribution in [3.63, 3.8) is 0 Å². The van der Waals surface area contributed by atoms with Gasteiger partial charge in [0.1, 0.15) is 0 Å². The van der Waals surface area contributed by atoms with Crippen LogP contribution in [-0.4, -0.2) is 37.6 Å². The number of rotatable bonds is 3. The Kier molecular flexibility index (Phi) is 4.30. The summed E-state index contributed by atoms with van der Waals surface area (Å²) in [4.78, 5) is 15.1. The van der Waals surface area contributed by atoms with Gasteiger partial charge < -0.3 is 14.4 Å². The molecule has 6 rings (SSSR count). The normalized spacial score (nSPS) is 33.6. The van der Waals surface area contributed by atoms with Gasteiger partial charge in [0.2, 0.25) is 0 Å². The number of hydrogen-bond acceptors (Lipinski definition) is 3. The molecule has 1 amide bonds. The third kappa shape index (κ3) is 3.20. The van der Waals surface area contributed by atoms with Crippen molar-refractivity contribution in [1.29, 1.82) is 0 Å². The van der Waals surface area contributed by atoms with Crippen LogP contribution in [0, 0.1) is 23.2 Å². The molecule has 27 heavy (non-hydrogen) atoms. The van der Waals surface area contributed by atoms with Crippen molar-refractivity contribution in [3.05, 3.63) is 22.7 Å². The van der Waals surface area contributed by atoms with Crippen molar-refractivity contribution in [3.8, 4) is 11.5 Å². The molecule has 0 aromatic heterocycles. The van der Waals surface area contributed by atoms with Crippen LogP contribution in [-0.2, 0) is 0 Å². The summed E-state index contributed by atoms with van der Waals surface area (Å²) in [6.07, 6.45) is 9.01. The Morgan fingerprint density at radius 2 is 1.74 bits per heavy atom. The molecule has 4 saturated carbocycles. The van der Waals surface area contributed by atoms with E-state index in [1.165, 1.54) is 38.5 Å². The fourth-order valence-electron chi connectivity index (χ4n) is 6.63. The highest BCUT2D eigenvalue weighted by atomic mass is 35.5. The van der Waals surface area contributed by atoms with Crippen LogP contribution in [0.4, 0.5) is 0 Å². The Morgan fingerprint density at radius 3 is 2.41 bits per heavy atom. The van der Waals surface area contributed by atoms with Crippen molar-refractivity contribution in [2.45, 2.75) is 44.9 Å². The zero-order valence-corrected chi connectivity index (χ0v) is 16.8. The summed E-state index contributed by atoms with van der Waals surface area (Å²) in [5.41, 5.74) is 0.935. The van der Waals surface area contributed by atoms with Crippen molar-refractivity contribution < 1.29 is 14.3 Å². The quantitative estimate of drug-likeness (QED) is 0.746. The second-order valence-corrected chi connectivity index (χ2v) is 9.82. The first-order valence-electron chi connectivity index (χ1n) is 10.4. The molecule has 1 aliphatic heterocycles. The van der Waals surface area contributed by atoms with Crippen LogP contribution in [0.5, 0.6) is 11.5 Å². The average molecular weight is 390 g/mol. The number of benzene rings is 1. The topological polar surface area (TPSA) is 38.8 Å². The van der Waals surface area contributed by atoms with Gasteiger partial charge in [-0.05, 0) is 73.8 Å². The molecule has 1 aromatic rings. The lowest BCUT2D eigenvalue weighted by Crippen LogP contribution is -2.51. The summed E-state index contributed by atoms with van der Waals surface area (Å²) >= 11 is 6.39. The van der Waals surface area contributed by atoms with Crippen LogP contribution in [0.3, 0.4) is 0 Å². The predicted octanol–water partition coefficient (Wildman–Crippen LogP) is 4.79. The summed E-state index contributed by atoms with van der Waals surface area (Å²) in [7, 11) is 1.94. The Balaban J connectivity index is 1.35. The van der Waals surface area contributed by atoms with Gasteiger partial charge in [-0.3, -0.25) is 4.79 Å². The molecule has 5 aliphatic rings. The van der Waals surface area contributed by atoms with Crippen molar-refractivity contribution >= 4 is 17.5 Å². The Bertz CT molecular complexity index is 727. The summed E-state index contributed by atoms with van der Waals surface area (Å²) < 4.78 is 11.4. The molecule has 4 bridgehead atoms. The third-order valence-electron chi connectivity index (χ3n) is 7.13. The molecule has 4 nitrogen and oxygen atoms in total. The van der Waals surface area contributed by atoms with E-state index >= 15 is 0 Å². The molecule has 0 atom stereocenters. The molecule has 0 N–H and O–H groups in total. The number of ether oxygens (including phenoxy) is 2. The van der Waals surface area contributed by atoms with Gasteiger partial charge in [-0.2, -0.15) is 0 Å². The van der Waals surface area contributed by atoms with Crippen molar-refractivity contribution in [1.82, 2.24) is 4.90 Å². The summed E-state index contributed by atoms with van der Waals surface area (Å²) in [5.74, 6) is 3.87. The van der Waals surface area contributed by atoms with E-state index in [9.17, 15) is 4.79 Å². The van der Waals surface area contributed by atoms with Gasteiger partial charge >= 0.3 is 0 Å². The molecule has 146 valence electrons. The number of nitrogens with zero attached hydrogens (tertiary/aromatic N) is 1. The van der Waals surface area contributed by atoms with Crippen LogP contribution in [0.1, 0.15) is 55.3 Å². The minimum absolute atomic E-state index is 0.0308. The van der Waals surface area contributed by atoms with Crippen molar-refractivity contribution in [2.24, 2.45) is 23.2 Å². The van der Waals surface area contributed by atoms with Gasteiger partial charge in [-0.1, -0.05) is 11.6 Å². The largest absolute Gasteiger partial charge is 0.489 e. The summed E-state index contributed by atoms with van der Waals surface area (Å²) in [5, 5.41) is 0.459. The molecular formula is C22H28ClNO3. The van der Waals surface area contributed by atoms with E-state index in [0.29, 0.717) is 40.7 Å². The minimum Gasteiger partial charge on any atom is -0.489 e. The van der Waals surface area contributed by atoms with E-state index < -0.39 is 0 Å². The van der Waals surface area contributed by atoms with Gasteiger partial charge in [0.05, 0.1) is 18.2 Å². The van der Waals surface area contributed by atoms with E-state index in [0.717, 1.165) is 30.7 Å². The molecule has 1 aromatic carbocycles. The number of amides is 1. The SMILES string of the molecule is CN(CC12CC3CC(CC(C3)C1)C2)C(=O)c1cc(Cl)c2c(c1)OCCCO2. The first-order valence-corrected chi connectivity index (χ1v) is 10.7. The third-order valence-corrected chi connectivity index (χ3v) is 7.41. The van der Waals surface area contributed by atoms with Gasteiger partial charge in [0.25, 0.3) is 5.91 Å². The highest BCUT2D eigenvalue weighted by Gasteiger charge is 2.51. The van der Waals surface area contributed by atoms with Crippen LogP contribution in [0.25, 0.3) is 0 Å². The van der Waals surface area contributed by atoms with E-state index in [2.05, 4.69) is 0 Å². The smallest absolute Gasteiger partial charge is 0.253 e. The van der Waals surface area contributed by atoms with Crippen LogP contribution in [0.15, 0.2) is 12.1 Å². The fourth-order valence-corrected chi connectivity index (χ4v) is 6.90. The summed E-state index contributed by atoms with van der Waals surface area (Å²) in [6, 6.07) is 3.53. The summed E-state index contributed by atoms with van der Waals surface area (Å²) in [6.45, 7) is 2.04. The average Bonchev–Trinajstić information content (AvgIpc) is 2.85. The monoisotopic (exact) mass is 389 g/mol. The zero-order valence-electron chi connectivity index (χ0n) is 16.0. The van der Waals surface area contributed by atoms with E-state index in [1.54, 1.807) is 12.1 Å². The number of carbonyl (C=O) groups is 1. The predicted molar refractivity (Wildman–Crippen MR) is 105 cm³/mol. The molecule has 5 heteroatoms. The van der Waals surface area contributed by atoms with Crippen LogP contribution in [0.2, 0.25) is 5.02 Å². The van der Waals surface area contributed by atoms with Crippen LogP contribution < -0.4 is 9.47 Å². The first-order chi connectivity index (χ1) is 13.0. The van der Waals surface area contributed by atoms with E-state index in [4.69, 9.17) is 21.1 Å². The minimum atomic E-state index is 0.0308. The number of carbonyl (C=O) groups excluding carboxylic acids is 1. The second-order valence-electron chi connectivity index (χ2n) is 9.41. The maximum Gasteiger partial charge on any atom is 0.253 e. The molecule has 4 aliphatic carbocycles. The van der Waals surface area contributed by atoms with Crippen molar-refractivity contribution in [2.75, 3.05) is 26.8 Å². The fraction of sp³-hybridized carbons (Fsp3) is 0.682. The number of hydrogen-bond donors (Lipinski definition) is 0. The van der Waals surface area contributed by atoms with Gasteiger partial charge in [-0.25, -0.2) is 0 Å². The zero-order chi connectivity index (χ0) is 18.6. The van der Waals surface area contributed by atoms with Gasteiger partial charge in [-0.15, -0.1) is 0 Å². The maximum absolute atomic E-state index is 13.2. The second kappa shape index (κ2) is 6.58. The highest BCUT2D eigenvalue weighted by Crippen LogP contribution is 2.60. The standard InChI is InChI=1S/C22H28ClNO3/c1-24(13-22-10-14-5-15(11-22)7-16(6-14)12-22)21(25)17-8-18(23)20-19(9-17)26-3-2-4-27-20/h8-9,14-16H,2-7,10-13H2,1H3. The van der Waals surface area contributed by atoms with Gasteiger partial charge in [0.15, 0.2) is 11.5 Å². The highest BCUT2D eigenvalue weighted by molar-refractivity contribution is 6.32. The van der Waals surface area contributed by atoms with Crippen LogP contribution >= 0.6 is 11.6 Å². The number of halogens is 1. The molecule has 4 fully saturated rings. The Morgan fingerprint density at radius 1 is 1.11 bits per heavy atom. The Labute approximate surface area is 166 Å². The molecular weight excluding hydrogens is 362 g/mol. The first kappa shape index (κ1) is 17.7. The molecule has 0 spiro atoms. The van der Waals surface area contributed by atoms with E-state index in [1.807, 2.05) is 11.9 Å². The molecule has 0 unspecified atom stereocenters. The maximum atomic E-state index is 13.2. The molecule has 0 radical (unpaired) electrons. The number of fused-ring (bicyclic) bond motifs is 1. The lowest BCUT2D eigenvalue weighted by Gasteiger charge is -2.57. The lowest BCUT2D eigenvalue weighted by atomic mass is 9.49. The van der Waals surface area contributed by atoms with E-state index in [-0.39, 0.29) is 5.91 Å². The lowest BCUT2D eigenvalue weighted by molar-refractivity contribution is -0.0629. The Hall–Kier alpha value is -1.42.